The maximum Gasteiger partial charge on any atom is 0.293 e. The van der Waals surface area contributed by atoms with E-state index in [1.165, 1.54) is 12.1 Å². The molecular weight excluding hydrogens is 452 g/mol. The molecule has 30 heavy (non-hydrogen) atoms. The van der Waals surface area contributed by atoms with Crippen LogP contribution < -0.4 is 9.47 Å². The van der Waals surface area contributed by atoms with Gasteiger partial charge in [0.2, 0.25) is 0 Å². The minimum atomic E-state index is -0.490. The fourth-order valence-corrected chi connectivity index (χ4v) is 4.17. The van der Waals surface area contributed by atoms with Crippen LogP contribution in [-0.4, -0.2) is 29.3 Å². The largest absolute Gasteiger partial charge is 0.490 e. The van der Waals surface area contributed by atoms with Crippen LogP contribution in [0.3, 0.4) is 0 Å². The number of amides is 2. The number of imide groups is 1. The number of nitrogens with zero attached hydrogens (tertiary/aromatic N) is 1. The first kappa shape index (κ1) is 22.5. The molecule has 0 radical (unpaired) electrons. The number of hydrogen-bond acceptors (Lipinski definition) is 5. The summed E-state index contributed by atoms with van der Waals surface area (Å²) in [5.41, 5.74) is 1.07. The van der Waals surface area contributed by atoms with E-state index in [-0.39, 0.29) is 16.5 Å². The zero-order valence-electron chi connectivity index (χ0n) is 16.2. The predicted octanol–water partition coefficient (Wildman–Crippen LogP) is 6.17. The van der Waals surface area contributed by atoms with Crippen LogP contribution >= 0.6 is 35.0 Å². The van der Waals surface area contributed by atoms with Crippen LogP contribution in [0.2, 0.25) is 10.0 Å². The highest BCUT2D eigenvalue weighted by Crippen LogP contribution is 2.39. The molecule has 1 fully saturated rings. The second-order valence-corrected chi connectivity index (χ2v) is 8.01. The van der Waals surface area contributed by atoms with E-state index >= 15 is 0 Å². The number of ether oxygens (including phenoxy) is 2. The molecule has 0 atom stereocenters. The predicted molar refractivity (Wildman–Crippen MR) is 117 cm³/mol. The molecule has 9 heteroatoms. The molecule has 1 saturated heterocycles. The second kappa shape index (κ2) is 9.73. The van der Waals surface area contributed by atoms with Crippen molar-refractivity contribution in [2.45, 2.75) is 20.4 Å². The van der Waals surface area contributed by atoms with E-state index in [9.17, 15) is 14.0 Å². The molecule has 0 aromatic heterocycles. The molecule has 0 N–H and O–H groups in total. The zero-order chi connectivity index (χ0) is 21.8. The summed E-state index contributed by atoms with van der Waals surface area (Å²) in [4.78, 5) is 26.5. The van der Waals surface area contributed by atoms with Crippen LogP contribution in [0.5, 0.6) is 11.5 Å². The Labute approximate surface area is 187 Å². The molecule has 0 bridgehead atoms. The molecule has 5 nitrogen and oxygen atoms in total. The van der Waals surface area contributed by atoms with Crippen molar-refractivity contribution in [3.63, 3.8) is 0 Å². The van der Waals surface area contributed by atoms with Gasteiger partial charge in [-0.2, -0.15) is 0 Å². The summed E-state index contributed by atoms with van der Waals surface area (Å²) < 4.78 is 24.4. The Balaban J connectivity index is 1.88. The van der Waals surface area contributed by atoms with Gasteiger partial charge in [-0.1, -0.05) is 29.3 Å². The van der Waals surface area contributed by atoms with Gasteiger partial charge < -0.3 is 9.47 Å². The number of hydrogen-bond donors (Lipinski definition) is 0. The summed E-state index contributed by atoms with van der Waals surface area (Å²) in [6.07, 6.45) is 1.57. The van der Waals surface area contributed by atoms with Gasteiger partial charge in [0, 0.05) is 5.02 Å². The van der Waals surface area contributed by atoms with Crippen LogP contribution in [0.15, 0.2) is 35.2 Å². The summed E-state index contributed by atoms with van der Waals surface area (Å²) >= 11 is 13.2. The lowest BCUT2D eigenvalue weighted by Crippen LogP contribution is -2.27. The Kier molecular flexibility index (Phi) is 7.28. The topological polar surface area (TPSA) is 55.8 Å². The van der Waals surface area contributed by atoms with E-state index in [0.717, 1.165) is 22.7 Å². The third-order valence-electron chi connectivity index (χ3n) is 4.14. The molecule has 2 aromatic carbocycles. The van der Waals surface area contributed by atoms with Crippen LogP contribution in [-0.2, 0) is 11.3 Å². The van der Waals surface area contributed by atoms with Gasteiger partial charge in [-0.25, -0.2) is 4.39 Å². The summed E-state index contributed by atoms with van der Waals surface area (Å²) in [6, 6.07) is 7.16. The van der Waals surface area contributed by atoms with Crippen molar-refractivity contribution in [2.24, 2.45) is 0 Å². The molecule has 0 saturated carbocycles. The highest BCUT2D eigenvalue weighted by molar-refractivity contribution is 8.18. The summed E-state index contributed by atoms with van der Waals surface area (Å²) in [5, 5.41) is 0.0535. The SMILES string of the molecule is CCOc1cc(/C=C2\SC(=O)N(Cc3ccc(F)cc3Cl)C2=O)cc(Cl)c1OCC. The Morgan fingerprint density at radius 2 is 1.80 bits per heavy atom. The highest BCUT2D eigenvalue weighted by atomic mass is 35.5. The van der Waals surface area contributed by atoms with E-state index in [4.69, 9.17) is 32.7 Å². The van der Waals surface area contributed by atoms with Gasteiger partial charge in [-0.05, 0) is 67.1 Å². The Bertz CT molecular complexity index is 1030. The number of rotatable bonds is 7. The smallest absolute Gasteiger partial charge is 0.293 e. The van der Waals surface area contributed by atoms with Crippen LogP contribution in [0.4, 0.5) is 9.18 Å². The molecule has 2 amide bonds. The van der Waals surface area contributed by atoms with Crippen molar-refractivity contribution in [1.82, 2.24) is 4.90 Å². The standard InChI is InChI=1S/C21H18Cl2FNO4S/c1-3-28-17-8-12(7-16(23)19(17)29-4-2)9-18-20(26)25(21(27)30-18)11-13-5-6-14(24)10-15(13)22/h5-10H,3-4,11H2,1-2H3/b18-9-. The maximum absolute atomic E-state index is 13.2. The minimum absolute atomic E-state index is 0.0463. The van der Waals surface area contributed by atoms with E-state index < -0.39 is 17.0 Å². The molecule has 0 aliphatic carbocycles. The third-order valence-corrected chi connectivity index (χ3v) is 5.68. The van der Waals surface area contributed by atoms with E-state index in [1.807, 2.05) is 13.8 Å². The van der Waals surface area contributed by atoms with Gasteiger partial charge in [0.1, 0.15) is 5.82 Å². The monoisotopic (exact) mass is 469 g/mol. The number of carbonyl (C=O) groups excluding carboxylic acids is 2. The second-order valence-electron chi connectivity index (χ2n) is 6.20. The first-order chi connectivity index (χ1) is 14.3. The Hall–Kier alpha value is -2.22. The Morgan fingerprint density at radius 1 is 1.07 bits per heavy atom. The van der Waals surface area contributed by atoms with E-state index in [2.05, 4.69) is 0 Å². The fraction of sp³-hybridized carbons (Fsp3) is 0.238. The number of thioether (sulfide) groups is 1. The minimum Gasteiger partial charge on any atom is -0.490 e. The molecule has 1 heterocycles. The van der Waals surface area contributed by atoms with Gasteiger partial charge >= 0.3 is 0 Å². The van der Waals surface area contributed by atoms with Gasteiger partial charge in [0.05, 0.1) is 29.7 Å². The van der Waals surface area contributed by atoms with Gasteiger partial charge in [0.25, 0.3) is 11.1 Å². The molecule has 3 rings (SSSR count). The normalized spacial score (nSPS) is 15.2. The van der Waals surface area contributed by atoms with Crippen LogP contribution in [0, 0.1) is 5.82 Å². The average Bonchev–Trinajstić information content (AvgIpc) is 2.94. The van der Waals surface area contributed by atoms with Crippen molar-refractivity contribution >= 4 is 52.2 Å². The molecule has 0 unspecified atom stereocenters. The van der Waals surface area contributed by atoms with Crippen molar-refractivity contribution in [3.8, 4) is 11.5 Å². The summed E-state index contributed by atoms with van der Waals surface area (Å²) in [6.45, 7) is 4.46. The molecule has 0 spiro atoms. The molecule has 1 aliphatic heterocycles. The van der Waals surface area contributed by atoms with Crippen molar-refractivity contribution in [2.75, 3.05) is 13.2 Å². The number of carbonyl (C=O) groups is 2. The number of benzene rings is 2. The molecule has 1 aliphatic rings. The van der Waals surface area contributed by atoms with Crippen molar-refractivity contribution < 1.29 is 23.5 Å². The zero-order valence-corrected chi connectivity index (χ0v) is 18.5. The molecule has 158 valence electrons. The summed E-state index contributed by atoms with van der Waals surface area (Å²) in [7, 11) is 0. The summed E-state index contributed by atoms with van der Waals surface area (Å²) in [5.74, 6) is -0.0729. The first-order valence-electron chi connectivity index (χ1n) is 9.12. The third kappa shape index (κ3) is 4.91. The highest BCUT2D eigenvalue weighted by Gasteiger charge is 2.35. The lowest BCUT2D eigenvalue weighted by atomic mass is 10.1. The van der Waals surface area contributed by atoms with Gasteiger partial charge in [-0.3, -0.25) is 14.5 Å². The van der Waals surface area contributed by atoms with E-state index in [1.54, 1.807) is 18.2 Å². The van der Waals surface area contributed by atoms with Crippen molar-refractivity contribution in [1.29, 1.82) is 0 Å². The fourth-order valence-electron chi connectivity index (χ4n) is 2.83. The lowest BCUT2D eigenvalue weighted by molar-refractivity contribution is -0.123. The van der Waals surface area contributed by atoms with Gasteiger partial charge in [0.15, 0.2) is 11.5 Å². The van der Waals surface area contributed by atoms with E-state index in [0.29, 0.717) is 40.9 Å². The first-order valence-corrected chi connectivity index (χ1v) is 10.7. The van der Waals surface area contributed by atoms with Crippen LogP contribution in [0.25, 0.3) is 6.08 Å². The Morgan fingerprint density at radius 3 is 2.47 bits per heavy atom. The van der Waals surface area contributed by atoms with Crippen LogP contribution in [0.1, 0.15) is 25.0 Å². The average molecular weight is 470 g/mol. The number of halogens is 3. The van der Waals surface area contributed by atoms with Gasteiger partial charge in [-0.15, -0.1) is 0 Å². The molecular formula is C21H18Cl2FNO4S. The quantitative estimate of drug-likeness (QED) is 0.454. The maximum atomic E-state index is 13.2. The lowest BCUT2D eigenvalue weighted by Gasteiger charge is -2.14. The van der Waals surface area contributed by atoms with Crippen molar-refractivity contribution in [3.05, 3.63) is 62.2 Å². The molecule has 2 aromatic rings.